The molecule has 4 aromatic rings. The average Bonchev–Trinajstić information content (AvgIpc) is 3.71. The van der Waals surface area contributed by atoms with Crippen molar-refractivity contribution in [3.05, 3.63) is 105 Å². The van der Waals surface area contributed by atoms with Gasteiger partial charge in [-0.25, -0.2) is 9.78 Å². The first-order valence-electron chi connectivity index (χ1n) is 14.8. The second-order valence-electron chi connectivity index (χ2n) is 10.9. The molecule has 0 radical (unpaired) electrons. The van der Waals surface area contributed by atoms with Gasteiger partial charge in [-0.05, 0) is 67.8 Å². The van der Waals surface area contributed by atoms with Crippen molar-refractivity contribution in [3.8, 4) is 17.2 Å². The molecule has 2 unspecified atom stereocenters. The summed E-state index contributed by atoms with van der Waals surface area (Å²) in [4.78, 5) is 46.1. The highest BCUT2D eigenvalue weighted by molar-refractivity contribution is 7.17. The molecule has 46 heavy (non-hydrogen) atoms. The number of aryl methyl sites for hydroxylation is 1. The zero-order chi connectivity index (χ0) is 32.5. The number of fused-ring (bicyclic) bond motifs is 1. The molecule has 0 spiro atoms. The Labute approximate surface area is 269 Å². The number of hydrogen-bond donors (Lipinski definition) is 1. The number of aliphatic hydroxyl groups excluding tert-OH is 1. The third-order valence-electron chi connectivity index (χ3n) is 7.81. The minimum absolute atomic E-state index is 0.0187. The van der Waals surface area contributed by atoms with Crippen LogP contribution in [0.15, 0.2) is 72.3 Å². The van der Waals surface area contributed by atoms with Crippen LogP contribution in [0.2, 0.25) is 0 Å². The molecule has 10 nitrogen and oxygen atoms in total. The molecule has 2 aliphatic rings. The lowest BCUT2D eigenvalue weighted by atomic mass is 9.94. The standard InChI is InChI=1S/C35H32N2O8S/c1-5-43-34(41)32-20(3)36-35(46-32)37-29(22-11-14-26(27(17-22)42-4)44-18-21-9-7-6-8-10-21)28(31(39)33(37)40)30(38)23-12-13-25-24(16-23)15-19(2)45-25/h6-14,16-17,19,29,38H,5,15,18H2,1-4H3. The van der Waals surface area contributed by atoms with E-state index in [2.05, 4.69) is 4.98 Å². The number of carbonyl (C=O) groups excluding carboxylic acids is 3. The fourth-order valence-electron chi connectivity index (χ4n) is 5.65. The summed E-state index contributed by atoms with van der Waals surface area (Å²) in [6.45, 7) is 5.74. The normalized spacial score (nSPS) is 18.3. The highest BCUT2D eigenvalue weighted by Gasteiger charge is 2.49. The van der Waals surface area contributed by atoms with E-state index in [-0.39, 0.29) is 34.1 Å². The zero-order valence-electron chi connectivity index (χ0n) is 25.7. The van der Waals surface area contributed by atoms with Crippen molar-refractivity contribution in [1.82, 2.24) is 4.98 Å². The first-order valence-corrected chi connectivity index (χ1v) is 15.6. The Hall–Kier alpha value is -5.16. The highest BCUT2D eigenvalue weighted by Crippen LogP contribution is 2.46. The third kappa shape index (κ3) is 5.69. The van der Waals surface area contributed by atoms with Crippen molar-refractivity contribution in [1.29, 1.82) is 0 Å². The summed E-state index contributed by atoms with van der Waals surface area (Å²) in [5.74, 6) is -1.16. The van der Waals surface area contributed by atoms with Gasteiger partial charge < -0.3 is 24.1 Å². The molecule has 1 aromatic heterocycles. The number of Topliss-reactive ketones (excluding diaryl/α,β-unsaturated/α-hetero) is 1. The summed E-state index contributed by atoms with van der Waals surface area (Å²) in [6.07, 6.45) is 0.625. The Morgan fingerprint density at radius 1 is 1.09 bits per heavy atom. The highest BCUT2D eigenvalue weighted by atomic mass is 32.1. The van der Waals surface area contributed by atoms with Gasteiger partial charge in [0, 0.05) is 12.0 Å². The minimum atomic E-state index is -1.10. The van der Waals surface area contributed by atoms with Crippen molar-refractivity contribution >= 4 is 39.9 Å². The van der Waals surface area contributed by atoms with Gasteiger partial charge in [0.15, 0.2) is 16.6 Å². The molecular formula is C35H32N2O8S. The van der Waals surface area contributed by atoms with Gasteiger partial charge in [0.05, 0.1) is 31.0 Å². The van der Waals surface area contributed by atoms with Crippen molar-refractivity contribution in [2.24, 2.45) is 0 Å². The van der Waals surface area contributed by atoms with E-state index < -0.39 is 23.7 Å². The maximum absolute atomic E-state index is 13.8. The van der Waals surface area contributed by atoms with Crippen LogP contribution in [0, 0.1) is 6.92 Å². The molecule has 1 N–H and O–H groups in total. The average molecular weight is 641 g/mol. The fourth-order valence-corrected chi connectivity index (χ4v) is 6.64. The number of aliphatic hydroxyl groups is 1. The third-order valence-corrected chi connectivity index (χ3v) is 8.94. The monoisotopic (exact) mass is 640 g/mol. The molecule has 236 valence electrons. The fraction of sp³-hybridized carbons (Fsp3) is 0.257. The summed E-state index contributed by atoms with van der Waals surface area (Å²) in [5.41, 5.74) is 2.92. The molecule has 1 fully saturated rings. The lowest BCUT2D eigenvalue weighted by molar-refractivity contribution is -0.132. The Morgan fingerprint density at radius 3 is 2.61 bits per heavy atom. The first kappa shape index (κ1) is 30.8. The summed E-state index contributed by atoms with van der Waals surface area (Å²) in [6, 6.07) is 18.8. The maximum atomic E-state index is 13.8. The number of ether oxygens (including phenoxy) is 4. The maximum Gasteiger partial charge on any atom is 0.350 e. The zero-order valence-corrected chi connectivity index (χ0v) is 26.6. The molecule has 2 aliphatic heterocycles. The molecule has 0 aliphatic carbocycles. The molecular weight excluding hydrogens is 608 g/mol. The van der Waals surface area contributed by atoms with Crippen LogP contribution in [0.5, 0.6) is 17.2 Å². The Bertz CT molecular complexity index is 1870. The summed E-state index contributed by atoms with van der Waals surface area (Å²) in [5, 5.41) is 11.8. The smallest absolute Gasteiger partial charge is 0.350 e. The topological polar surface area (TPSA) is 124 Å². The van der Waals surface area contributed by atoms with E-state index in [1.807, 2.05) is 37.3 Å². The number of aromatic nitrogens is 1. The van der Waals surface area contributed by atoms with E-state index in [9.17, 15) is 19.5 Å². The number of esters is 1. The second kappa shape index (κ2) is 12.7. The van der Waals surface area contributed by atoms with Gasteiger partial charge in [-0.2, -0.15) is 0 Å². The number of anilines is 1. The van der Waals surface area contributed by atoms with Gasteiger partial charge in [-0.3, -0.25) is 14.5 Å². The van der Waals surface area contributed by atoms with Gasteiger partial charge in [-0.15, -0.1) is 0 Å². The number of ketones is 1. The summed E-state index contributed by atoms with van der Waals surface area (Å²) in [7, 11) is 1.49. The number of nitrogens with zero attached hydrogens (tertiary/aromatic N) is 2. The van der Waals surface area contributed by atoms with E-state index in [0.29, 0.717) is 47.1 Å². The molecule has 6 rings (SSSR count). The van der Waals surface area contributed by atoms with Crippen molar-refractivity contribution in [2.75, 3.05) is 18.6 Å². The van der Waals surface area contributed by atoms with Crippen molar-refractivity contribution in [2.45, 2.75) is 45.9 Å². The van der Waals surface area contributed by atoms with Gasteiger partial charge >= 0.3 is 11.9 Å². The van der Waals surface area contributed by atoms with Crippen LogP contribution in [-0.4, -0.2) is 47.6 Å². The van der Waals surface area contributed by atoms with Crippen molar-refractivity contribution < 1.29 is 38.4 Å². The molecule has 0 bridgehead atoms. The largest absolute Gasteiger partial charge is 0.507 e. The molecule has 1 amide bonds. The molecule has 11 heteroatoms. The van der Waals surface area contributed by atoms with E-state index in [4.69, 9.17) is 18.9 Å². The first-order chi connectivity index (χ1) is 22.2. The van der Waals surface area contributed by atoms with E-state index in [1.165, 1.54) is 12.0 Å². The quantitative estimate of drug-likeness (QED) is 0.0991. The van der Waals surface area contributed by atoms with Crippen LogP contribution in [0.4, 0.5) is 5.13 Å². The van der Waals surface area contributed by atoms with E-state index in [1.54, 1.807) is 50.2 Å². The van der Waals surface area contributed by atoms with Crippen LogP contribution >= 0.6 is 11.3 Å². The lowest BCUT2D eigenvalue weighted by Crippen LogP contribution is -2.29. The minimum Gasteiger partial charge on any atom is -0.507 e. The molecule has 2 atom stereocenters. The van der Waals surface area contributed by atoms with Gasteiger partial charge in [0.25, 0.3) is 5.78 Å². The van der Waals surface area contributed by atoms with E-state index >= 15 is 0 Å². The second-order valence-corrected chi connectivity index (χ2v) is 11.9. The van der Waals surface area contributed by atoms with Crippen LogP contribution in [0.3, 0.4) is 0 Å². The Kier molecular flexibility index (Phi) is 8.50. The molecule has 0 saturated carbocycles. The van der Waals surface area contributed by atoms with Crippen molar-refractivity contribution in [3.63, 3.8) is 0 Å². The number of hydrogen-bond acceptors (Lipinski definition) is 10. The Balaban J connectivity index is 1.46. The number of methoxy groups -OCH3 is 1. The van der Waals surface area contributed by atoms with E-state index in [0.717, 1.165) is 22.5 Å². The molecule has 3 aromatic carbocycles. The van der Waals surface area contributed by atoms with Gasteiger partial charge in [-0.1, -0.05) is 47.7 Å². The molecule has 3 heterocycles. The number of benzene rings is 3. The van der Waals surface area contributed by atoms with Crippen LogP contribution in [0.1, 0.15) is 57.5 Å². The number of rotatable bonds is 9. The summed E-state index contributed by atoms with van der Waals surface area (Å²) >= 11 is 0.944. The Morgan fingerprint density at radius 2 is 1.87 bits per heavy atom. The summed E-state index contributed by atoms with van der Waals surface area (Å²) < 4.78 is 22.7. The van der Waals surface area contributed by atoms with Crippen LogP contribution < -0.4 is 19.1 Å². The predicted octanol–water partition coefficient (Wildman–Crippen LogP) is 6.17. The van der Waals surface area contributed by atoms with Gasteiger partial charge in [0.2, 0.25) is 0 Å². The number of carbonyl (C=O) groups is 3. The van der Waals surface area contributed by atoms with Crippen LogP contribution in [-0.2, 0) is 27.4 Å². The predicted molar refractivity (Wildman–Crippen MR) is 172 cm³/mol. The number of amides is 1. The lowest BCUT2D eigenvalue weighted by Gasteiger charge is -2.24. The van der Waals surface area contributed by atoms with Crippen LogP contribution in [0.25, 0.3) is 5.76 Å². The SMILES string of the molecule is CCOC(=O)c1sc(N2C(=O)C(=O)C(=C(O)c3ccc4c(c3)CC(C)O4)C2c2ccc(OCc3ccccc3)c(OC)c2)nc1C. The number of thiazole rings is 1. The molecule has 1 saturated heterocycles. The van der Waals surface area contributed by atoms with Gasteiger partial charge in [0.1, 0.15) is 29.1 Å².